The maximum absolute atomic E-state index is 9.30. The van der Waals surface area contributed by atoms with Gasteiger partial charge >= 0.3 is 0 Å². The molecular weight excluding hydrogens is 232 g/mol. The maximum atomic E-state index is 9.30. The second-order valence-electron chi connectivity index (χ2n) is 5.06. The van der Waals surface area contributed by atoms with E-state index in [1.54, 1.807) is 6.92 Å². The van der Waals surface area contributed by atoms with E-state index in [1.807, 2.05) is 6.92 Å². The summed E-state index contributed by atoms with van der Waals surface area (Å²) in [7, 11) is 0. The average molecular weight is 256 g/mol. The Hall–Kier alpha value is -1.52. The summed E-state index contributed by atoms with van der Waals surface area (Å²) < 4.78 is 0. The van der Waals surface area contributed by atoms with Gasteiger partial charge in [-0.25, -0.2) is 0 Å². The lowest BCUT2D eigenvalue weighted by molar-refractivity contribution is 0.161. The van der Waals surface area contributed by atoms with Crippen LogP contribution in [0.1, 0.15) is 44.2 Å². The van der Waals surface area contributed by atoms with Crippen molar-refractivity contribution in [2.24, 2.45) is 5.92 Å². The molecule has 1 nitrogen and oxygen atoms in total. The maximum Gasteiger partial charge on any atom is 0.0646 e. The molecule has 0 aliphatic heterocycles. The van der Waals surface area contributed by atoms with Crippen LogP contribution in [0.15, 0.2) is 30.3 Å². The van der Waals surface area contributed by atoms with E-state index >= 15 is 0 Å². The van der Waals surface area contributed by atoms with Gasteiger partial charge in [0.15, 0.2) is 0 Å². The Morgan fingerprint density at radius 3 is 2.79 bits per heavy atom. The Morgan fingerprint density at radius 2 is 2.11 bits per heavy atom. The van der Waals surface area contributed by atoms with Gasteiger partial charge in [0, 0.05) is 12.3 Å². The van der Waals surface area contributed by atoms with E-state index in [-0.39, 0.29) is 12.0 Å². The van der Waals surface area contributed by atoms with E-state index < -0.39 is 0 Å². The van der Waals surface area contributed by atoms with Gasteiger partial charge in [0.1, 0.15) is 0 Å². The minimum Gasteiger partial charge on any atom is -0.392 e. The van der Waals surface area contributed by atoms with E-state index in [0.29, 0.717) is 0 Å². The molecule has 1 aromatic carbocycles. The van der Waals surface area contributed by atoms with Gasteiger partial charge in [-0.3, -0.25) is 0 Å². The number of hydrogen-bond acceptors (Lipinski definition) is 1. The number of rotatable bonds is 5. The third-order valence-electron chi connectivity index (χ3n) is 3.08. The van der Waals surface area contributed by atoms with E-state index in [9.17, 15) is 5.11 Å². The zero-order valence-corrected chi connectivity index (χ0v) is 12.2. The Kier molecular flexibility index (Phi) is 7.00. The normalized spacial score (nSPS) is 13.9. The van der Waals surface area contributed by atoms with Crippen molar-refractivity contribution in [2.45, 2.75) is 46.1 Å². The fourth-order valence-electron chi connectivity index (χ4n) is 1.66. The predicted octanol–water partition coefficient (Wildman–Crippen LogP) is 4.20. The molecule has 19 heavy (non-hydrogen) atoms. The molecule has 0 saturated carbocycles. The van der Waals surface area contributed by atoms with Crippen molar-refractivity contribution >= 4 is 6.08 Å². The molecule has 102 valence electrons. The molecule has 0 fully saturated rings. The van der Waals surface area contributed by atoms with Crippen molar-refractivity contribution in [3.8, 4) is 11.8 Å². The molecule has 0 aliphatic carbocycles. The number of aliphatic hydroxyl groups is 1. The van der Waals surface area contributed by atoms with Gasteiger partial charge in [0.2, 0.25) is 0 Å². The molecule has 0 aliphatic rings. The van der Waals surface area contributed by atoms with Crippen LogP contribution < -0.4 is 0 Å². The Bertz CT molecular complexity index is 460. The van der Waals surface area contributed by atoms with Crippen LogP contribution in [0.25, 0.3) is 6.08 Å². The highest BCUT2D eigenvalue weighted by Crippen LogP contribution is 2.07. The first-order valence-corrected chi connectivity index (χ1v) is 6.99. The molecule has 0 saturated heterocycles. The summed E-state index contributed by atoms with van der Waals surface area (Å²) in [5, 5.41) is 9.30. The fraction of sp³-hybridized carbons (Fsp3) is 0.444. The highest BCUT2D eigenvalue weighted by atomic mass is 16.3. The Labute approximate surface area is 117 Å². The number of benzene rings is 1. The van der Waals surface area contributed by atoms with Crippen molar-refractivity contribution in [2.75, 3.05) is 0 Å². The summed E-state index contributed by atoms with van der Waals surface area (Å²) in [6, 6.07) is 8.49. The van der Waals surface area contributed by atoms with E-state index in [4.69, 9.17) is 0 Å². The zero-order valence-electron chi connectivity index (χ0n) is 12.2. The smallest absolute Gasteiger partial charge is 0.0646 e. The predicted molar refractivity (Wildman–Crippen MR) is 82.7 cm³/mol. The van der Waals surface area contributed by atoms with Crippen molar-refractivity contribution < 1.29 is 5.11 Å². The van der Waals surface area contributed by atoms with Crippen molar-refractivity contribution in [3.63, 3.8) is 0 Å². The van der Waals surface area contributed by atoms with Crippen LogP contribution in [0.5, 0.6) is 0 Å². The number of allylic oxidation sites excluding steroid dienone is 1. The van der Waals surface area contributed by atoms with Crippen LogP contribution in [0, 0.1) is 24.7 Å². The number of hydrogen-bond donors (Lipinski definition) is 1. The number of aryl methyl sites for hydroxylation is 1. The molecule has 0 bridgehead atoms. The summed E-state index contributed by atoms with van der Waals surface area (Å²) in [6.07, 6.45) is 7.05. The van der Waals surface area contributed by atoms with Gasteiger partial charge in [-0.15, -0.1) is 5.92 Å². The molecule has 1 N–H and O–H groups in total. The highest BCUT2D eigenvalue weighted by molar-refractivity contribution is 5.49. The minimum absolute atomic E-state index is 0.0721. The van der Waals surface area contributed by atoms with Crippen LogP contribution in [0.2, 0.25) is 0 Å². The summed E-state index contributed by atoms with van der Waals surface area (Å²) >= 11 is 0. The van der Waals surface area contributed by atoms with Crippen LogP contribution in [-0.4, -0.2) is 11.2 Å². The standard InChI is InChI=1S/C18H24O/c1-15-10-9-13-18(14-15)12-8-6-4-5-7-11-16(2)17(3)19/h8-10,12-14,16-17,19H,4-6H2,1-3H3/b12-8+/t16-,17+/m0/s1. The molecule has 0 amide bonds. The van der Waals surface area contributed by atoms with Crippen molar-refractivity contribution in [1.82, 2.24) is 0 Å². The summed E-state index contributed by atoms with van der Waals surface area (Å²) in [5.74, 6) is 6.28. The molecule has 0 unspecified atom stereocenters. The summed E-state index contributed by atoms with van der Waals surface area (Å²) in [5.41, 5.74) is 2.55. The summed E-state index contributed by atoms with van der Waals surface area (Å²) in [4.78, 5) is 0. The molecule has 1 heteroatoms. The van der Waals surface area contributed by atoms with E-state index in [1.165, 1.54) is 11.1 Å². The third kappa shape index (κ3) is 6.84. The lowest BCUT2D eigenvalue weighted by atomic mass is 10.1. The van der Waals surface area contributed by atoms with Crippen LogP contribution >= 0.6 is 0 Å². The first-order chi connectivity index (χ1) is 9.09. The third-order valence-corrected chi connectivity index (χ3v) is 3.08. The van der Waals surface area contributed by atoms with Gasteiger partial charge in [-0.1, -0.05) is 47.9 Å². The molecule has 0 aromatic heterocycles. The fourth-order valence-corrected chi connectivity index (χ4v) is 1.66. The quantitative estimate of drug-likeness (QED) is 0.618. The number of aliphatic hydroxyl groups excluding tert-OH is 1. The number of unbranched alkanes of at least 4 members (excludes halogenated alkanes) is 2. The van der Waals surface area contributed by atoms with Gasteiger partial charge in [0.25, 0.3) is 0 Å². The molecule has 1 rings (SSSR count). The Morgan fingerprint density at radius 1 is 1.32 bits per heavy atom. The second kappa shape index (κ2) is 8.56. The Balaban J connectivity index is 2.24. The van der Waals surface area contributed by atoms with Crippen molar-refractivity contribution in [1.29, 1.82) is 0 Å². The van der Waals surface area contributed by atoms with Gasteiger partial charge in [-0.05, 0) is 39.2 Å². The molecule has 0 spiro atoms. The van der Waals surface area contributed by atoms with Gasteiger partial charge in [0.05, 0.1) is 6.10 Å². The molecule has 2 atom stereocenters. The summed E-state index contributed by atoms with van der Waals surface area (Å²) in [6.45, 7) is 5.84. The van der Waals surface area contributed by atoms with Crippen LogP contribution in [0.4, 0.5) is 0 Å². The van der Waals surface area contributed by atoms with Crippen LogP contribution in [-0.2, 0) is 0 Å². The first-order valence-electron chi connectivity index (χ1n) is 6.99. The largest absolute Gasteiger partial charge is 0.392 e. The van der Waals surface area contributed by atoms with E-state index in [0.717, 1.165) is 19.3 Å². The lowest BCUT2D eigenvalue weighted by Crippen LogP contribution is -2.10. The van der Waals surface area contributed by atoms with Gasteiger partial charge in [-0.2, -0.15) is 0 Å². The van der Waals surface area contributed by atoms with E-state index in [2.05, 4.69) is 55.2 Å². The first kappa shape index (κ1) is 15.5. The average Bonchev–Trinajstić information content (AvgIpc) is 2.37. The van der Waals surface area contributed by atoms with Crippen LogP contribution in [0.3, 0.4) is 0 Å². The topological polar surface area (TPSA) is 20.2 Å². The highest BCUT2D eigenvalue weighted by Gasteiger charge is 2.02. The van der Waals surface area contributed by atoms with Crippen molar-refractivity contribution in [3.05, 3.63) is 41.5 Å². The molecule has 1 aromatic rings. The minimum atomic E-state index is -0.339. The lowest BCUT2D eigenvalue weighted by Gasteiger charge is -2.05. The zero-order chi connectivity index (χ0) is 14.1. The monoisotopic (exact) mass is 256 g/mol. The molecule has 0 radical (unpaired) electrons. The molecule has 0 heterocycles. The SMILES string of the molecule is Cc1cccc(/C=C/CCCC#C[C@H](C)[C@@H](C)O)c1. The second-order valence-corrected chi connectivity index (χ2v) is 5.06. The molecular formula is C18H24O. The van der Waals surface area contributed by atoms with Gasteiger partial charge < -0.3 is 5.11 Å².